The van der Waals surface area contributed by atoms with Crippen LogP contribution in [-0.4, -0.2) is 30.3 Å². The molecule has 1 heterocycles. The molecule has 2 N–H and O–H groups in total. The van der Waals surface area contributed by atoms with Gasteiger partial charge in [0.1, 0.15) is 6.04 Å². The molecule has 0 aromatic heterocycles. The third-order valence-electron chi connectivity index (χ3n) is 3.42. The second-order valence-corrected chi connectivity index (χ2v) is 6.26. The molecule has 0 fully saturated rings. The highest BCUT2D eigenvalue weighted by Gasteiger charge is 2.20. The predicted octanol–water partition coefficient (Wildman–Crippen LogP) is 3.09. The first-order valence-corrected chi connectivity index (χ1v) is 7.89. The minimum Gasteiger partial charge on any atom is -0.489 e. The van der Waals surface area contributed by atoms with Gasteiger partial charge >= 0.3 is 5.97 Å². The van der Waals surface area contributed by atoms with E-state index in [2.05, 4.69) is 5.32 Å². The molecule has 1 atom stereocenters. The van der Waals surface area contributed by atoms with Gasteiger partial charge in [0, 0.05) is 13.0 Å². The number of carbonyl (C=O) groups is 1. The van der Waals surface area contributed by atoms with Crippen LogP contribution in [0.2, 0.25) is 5.02 Å². The van der Waals surface area contributed by atoms with Crippen molar-refractivity contribution in [3.63, 3.8) is 0 Å². The molecule has 5 nitrogen and oxygen atoms in total. The van der Waals surface area contributed by atoms with Crippen LogP contribution in [0.3, 0.4) is 0 Å². The fourth-order valence-electron chi connectivity index (χ4n) is 2.37. The molecule has 22 heavy (non-hydrogen) atoms. The van der Waals surface area contributed by atoms with E-state index in [-0.39, 0.29) is 0 Å². The van der Waals surface area contributed by atoms with Gasteiger partial charge in [0.25, 0.3) is 0 Å². The van der Waals surface area contributed by atoms with E-state index in [0.29, 0.717) is 48.6 Å². The summed E-state index contributed by atoms with van der Waals surface area (Å²) in [6.07, 6.45) is 1.39. The highest BCUT2D eigenvalue weighted by atomic mass is 35.5. The average molecular weight is 328 g/mol. The molecule has 1 aromatic carbocycles. The molecule has 0 spiro atoms. The summed E-state index contributed by atoms with van der Waals surface area (Å²) >= 11 is 6.23. The van der Waals surface area contributed by atoms with Crippen molar-refractivity contribution in [1.29, 1.82) is 0 Å². The molecular weight excluding hydrogens is 306 g/mol. The second kappa shape index (κ2) is 7.70. The van der Waals surface area contributed by atoms with Crippen LogP contribution in [0.15, 0.2) is 12.1 Å². The Kier molecular flexibility index (Phi) is 5.91. The number of rotatable bonds is 6. The minimum absolute atomic E-state index is 0.306. The smallest absolute Gasteiger partial charge is 0.320 e. The highest BCUT2D eigenvalue weighted by molar-refractivity contribution is 6.32. The lowest BCUT2D eigenvalue weighted by molar-refractivity contribution is -0.140. The van der Waals surface area contributed by atoms with Crippen molar-refractivity contribution in [3.05, 3.63) is 22.7 Å². The average Bonchev–Trinajstić information content (AvgIpc) is 2.68. The molecule has 122 valence electrons. The van der Waals surface area contributed by atoms with E-state index in [1.54, 1.807) is 6.07 Å². The van der Waals surface area contributed by atoms with E-state index in [0.717, 1.165) is 12.0 Å². The number of carboxylic acids is 1. The van der Waals surface area contributed by atoms with E-state index < -0.39 is 12.0 Å². The SMILES string of the molecule is CC(C)C[C@@H](NCc1cc(Cl)c2c(c1)OCCCO2)C(=O)O. The summed E-state index contributed by atoms with van der Waals surface area (Å²) in [5.41, 5.74) is 0.879. The maximum atomic E-state index is 11.3. The lowest BCUT2D eigenvalue weighted by Crippen LogP contribution is -2.37. The van der Waals surface area contributed by atoms with Crippen molar-refractivity contribution in [3.8, 4) is 11.5 Å². The van der Waals surface area contributed by atoms with Crippen LogP contribution >= 0.6 is 11.6 Å². The van der Waals surface area contributed by atoms with Crippen LogP contribution in [-0.2, 0) is 11.3 Å². The zero-order chi connectivity index (χ0) is 16.1. The topological polar surface area (TPSA) is 67.8 Å². The number of fused-ring (bicyclic) bond motifs is 1. The van der Waals surface area contributed by atoms with Crippen LogP contribution in [0, 0.1) is 5.92 Å². The summed E-state index contributed by atoms with van der Waals surface area (Å²) in [6.45, 7) is 5.59. The Hall–Kier alpha value is -1.46. The number of carboxylic acid groups (broad SMARTS) is 1. The Balaban J connectivity index is 2.08. The molecule has 0 unspecified atom stereocenters. The normalized spacial score (nSPS) is 15.5. The van der Waals surface area contributed by atoms with Crippen molar-refractivity contribution in [1.82, 2.24) is 5.32 Å². The van der Waals surface area contributed by atoms with Crippen LogP contribution in [0.25, 0.3) is 0 Å². The molecule has 0 radical (unpaired) electrons. The van der Waals surface area contributed by atoms with E-state index in [9.17, 15) is 9.90 Å². The lowest BCUT2D eigenvalue weighted by Gasteiger charge is -2.17. The summed E-state index contributed by atoms with van der Waals surface area (Å²) in [5, 5.41) is 12.8. The van der Waals surface area contributed by atoms with Crippen molar-refractivity contribution in [2.24, 2.45) is 5.92 Å². The first-order valence-electron chi connectivity index (χ1n) is 7.51. The molecule has 0 bridgehead atoms. The van der Waals surface area contributed by atoms with Crippen molar-refractivity contribution in [2.75, 3.05) is 13.2 Å². The van der Waals surface area contributed by atoms with Gasteiger partial charge in [-0.2, -0.15) is 0 Å². The molecule has 1 aliphatic rings. The molecular formula is C16H22ClNO4. The first kappa shape index (κ1) is 16.9. The summed E-state index contributed by atoms with van der Waals surface area (Å²) < 4.78 is 11.2. The second-order valence-electron chi connectivity index (χ2n) is 5.86. The quantitative estimate of drug-likeness (QED) is 0.840. The number of hydrogen-bond donors (Lipinski definition) is 2. The van der Waals surface area contributed by atoms with Gasteiger partial charge in [-0.3, -0.25) is 4.79 Å². The Labute approximate surface area is 135 Å². The van der Waals surface area contributed by atoms with Gasteiger partial charge < -0.3 is 19.9 Å². The third-order valence-corrected chi connectivity index (χ3v) is 3.70. The molecule has 0 aliphatic carbocycles. The monoisotopic (exact) mass is 327 g/mol. The Bertz CT molecular complexity index is 533. The molecule has 0 saturated carbocycles. The zero-order valence-electron chi connectivity index (χ0n) is 12.9. The van der Waals surface area contributed by atoms with E-state index in [4.69, 9.17) is 21.1 Å². The van der Waals surface area contributed by atoms with Crippen LogP contribution < -0.4 is 14.8 Å². The van der Waals surface area contributed by atoms with Crippen LogP contribution in [0.4, 0.5) is 0 Å². The number of benzene rings is 1. The summed E-state index contributed by atoms with van der Waals surface area (Å²) in [4.78, 5) is 11.3. The van der Waals surface area contributed by atoms with E-state index in [1.807, 2.05) is 19.9 Å². The van der Waals surface area contributed by atoms with Gasteiger partial charge in [-0.1, -0.05) is 25.4 Å². The molecule has 1 aromatic rings. The standard InChI is InChI=1S/C16H22ClNO4/c1-10(2)6-13(16(19)20)18-9-11-7-12(17)15-14(8-11)21-4-3-5-22-15/h7-8,10,13,18H,3-6,9H2,1-2H3,(H,19,20)/t13-/m1/s1. The number of nitrogens with one attached hydrogen (secondary N) is 1. The fraction of sp³-hybridized carbons (Fsp3) is 0.562. The lowest BCUT2D eigenvalue weighted by atomic mass is 10.0. The predicted molar refractivity (Wildman–Crippen MR) is 84.8 cm³/mol. The van der Waals surface area contributed by atoms with Gasteiger partial charge in [-0.15, -0.1) is 0 Å². The maximum absolute atomic E-state index is 11.3. The van der Waals surface area contributed by atoms with Crippen molar-refractivity contribution < 1.29 is 19.4 Å². The largest absolute Gasteiger partial charge is 0.489 e. The summed E-state index contributed by atoms with van der Waals surface area (Å²) in [7, 11) is 0. The Morgan fingerprint density at radius 1 is 1.36 bits per heavy atom. The Morgan fingerprint density at radius 2 is 2.09 bits per heavy atom. The molecule has 6 heteroatoms. The first-order chi connectivity index (χ1) is 10.5. The molecule has 0 amide bonds. The van der Waals surface area contributed by atoms with Gasteiger partial charge in [0.15, 0.2) is 11.5 Å². The van der Waals surface area contributed by atoms with Gasteiger partial charge in [-0.05, 0) is 30.0 Å². The van der Waals surface area contributed by atoms with Crippen molar-refractivity contribution >= 4 is 17.6 Å². The molecule has 2 rings (SSSR count). The third kappa shape index (κ3) is 4.52. The number of halogens is 1. The maximum Gasteiger partial charge on any atom is 0.320 e. The number of ether oxygens (including phenoxy) is 2. The number of hydrogen-bond acceptors (Lipinski definition) is 4. The van der Waals surface area contributed by atoms with Gasteiger partial charge in [-0.25, -0.2) is 0 Å². The molecule has 1 aliphatic heterocycles. The van der Waals surface area contributed by atoms with Gasteiger partial charge in [0.05, 0.1) is 18.2 Å². The number of aliphatic carboxylic acids is 1. The van der Waals surface area contributed by atoms with Crippen molar-refractivity contribution in [2.45, 2.75) is 39.3 Å². The van der Waals surface area contributed by atoms with Gasteiger partial charge in [0.2, 0.25) is 0 Å². The fourth-order valence-corrected chi connectivity index (χ4v) is 2.66. The minimum atomic E-state index is -0.839. The van der Waals surface area contributed by atoms with Crippen LogP contribution in [0.1, 0.15) is 32.3 Å². The summed E-state index contributed by atoms with van der Waals surface area (Å²) in [6, 6.07) is 3.07. The highest BCUT2D eigenvalue weighted by Crippen LogP contribution is 2.37. The molecule has 0 saturated heterocycles. The Morgan fingerprint density at radius 3 is 2.77 bits per heavy atom. The van der Waals surface area contributed by atoms with E-state index >= 15 is 0 Å². The van der Waals surface area contributed by atoms with Crippen LogP contribution in [0.5, 0.6) is 11.5 Å². The summed E-state index contributed by atoms with van der Waals surface area (Å²) in [5.74, 6) is 0.660. The zero-order valence-corrected chi connectivity index (χ0v) is 13.7. The van der Waals surface area contributed by atoms with E-state index in [1.165, 1.54) is 0 Å².